The Morgan fingerprint density at radius 1 is 1.22 bits per heavy atom. The third-order valence-electron chi connectivity index (χ3n) is 2.87. The summed E-state index contributed by atoms with van der Waals surface area (Å²) in [5.41, 5.74) is 2.31. The normalized spacial score (nSPS) is 11.9. The number of aromatic nitrogens is 1. The Balaban J connectivity index is 2.84. The third-order valence-corrected chi connectivity index (χ3v) is 3.16. The smallest absolute Gasteiger partial charge is 0.125 e. The second kappa shape index (κ2) is 4.39. The van der Waals surface area contributed by atoms with Gasteiger partial charge in [0.1, 0.15) is 5.82 Å². The predicted molar refractivity (Wildman–Crippen MR) is 75.0 cm³/mol. The molecule has 2 rings (SSSR count). The van der Waals surface area contributed by atoms with Crippen LogP contribution < -0.4 is 5.32 Å². The molecule has 2 aromatic rings. The molecule has 0 aliphatic carbocycles. The van der Waals surface area contributed by atoms with Crippen LogP contribution in [0.1, 0.15) is 26.5 Å². The SMILES string of the molecule is CNc1cc(C(C)(C)C)nc2c(Cl)cc(F)cc12. The molecule has 0 aliphatic heterocycles. The second-order valence-corrected chi connectivity index (χ2v) is 5.75. The van der Waals surface area contributed by atoms with E-state index >= 15 is 0 Å². The van der Waals surface area contributed by atoms with Crippen LogP contribution in [0.25, 0.3) is 10.9 Å². The number of pyridine rings is 1. The Hall–Kier alpha value is -1.35. The quantitative estimate of drug-likeness (QED) is 0.829. The number of hydrogen-bond acceptors (Lipinski definition) is 2. The molecule has 0 radical (unpaired) electrons. The minimum Gasteiger partial charge on any atom is -0.388 e. The van der Waals surface area contributed by atoms with Crippen LogP contribution in [0.5, 0.6) is 0 Å². The van der Waals surface area contributed by atoms with Crippen molar-refractivity contribution in [1.29, 1.82) is 0 Å². The number of hydrogen-bond donors (Lipinski definition) is 1. The van der Waals surface area contributed by atoms with E-state index in [-0.39, 0.29) is 11.2 Å². The average molecular weight is 267 g/mol. The van der Waals surface area contributed by atoms with Gasteiger partial charge in [-0.05, 0) is 18.2 Å². The van der Waals surface area contributed by atoms with Crippen LogP contribution in [-0.4, -0.2) is 12.0 Å². The molecule has 18 heavy (non-hydrogen) atoms. The highest BCUT2D eigenvalue weighted by Crippen LogP contribution is 2.33. The number of rotatable bonds is 1. The Kier molecular flexibility index (Phi) is 3.20. The lowest BCUT2D eigenvalue weighted by Gasteiger charge is -2.20. The number of anilines is 1. The van der Waals surface area contributed by atoms with Gasteiger partial charge in [-0.1, -0.05) is 32.4 Å². The highest BCUT2D eigenvalue weighted by atomic mass is 35.5. The van der Waals surface area contributed by atoms with Crippen molar-refractivity contribution in [2.45, 2.75) is 26.2 Å². The molecule has 1 aromatic heterocycles. The van der Waals surface area contributed by atoms with Gasteiger partial charge < -0.3 is 5.32 Å². The second-order valence-electron chi connectivity index (χ2n) is 5.34. The maximum atomic E-state index is 13.4. The third kappa shape index (κ3) is 2.27. The molecule has 1 N–H and O–H groups in total. The summed E-state index contributed by atoms with van der Waals surface area (Å²) in [6.45, 7) is 6.24. The maximum Gasteiger partial charge on any atom is 0.125 e. The van der Waals surface area contributed by atoms with Gasteiger partial charge in [0.25, 0.3) is 0 Å². The lowest BCUT2D eigenvalue weighted by atomic mass is 9.90. The number of fused-ring (bicyclic) bond motifs is 1. The van der Waals surface area contributed by atoms with Crippen LogP contribution in [0.15, 0.2) is 18.2 Å². The van der Waals surface area contributed by atoms with Crippen LogP contribution in [0, 0.1) is 5.82 Å². The van der Waals surface area contributed by atoms with Crippen molar-refractivity contribution in [2.75, 3.05) is 12.4 Å². The number of benzene rings is 1. The summed E-state index contributed by atoms with van der Waals surface area (Å²) < 4.78 is 13.4. The molecule has 1 heterocycles. The zero-order valence-electron chi connectivity index (χ0n) is 10.9. The Labute approximate surface area is 111 Å². The summed E-state index contributed by atoms with van der Waals surface area (Å²) in [5.74, 6) is -0.352. The monoisotopic (exact) mass is 266 g/mol. The van der Waals surface area contributed by atoms with Gasteiger partial charge in [0.2, 0.25) is 0 Å². The van der Waals surface area contributed by atoms with E-state index in [2.05, 4.69) is 31.1 Å². The van der Waals surface area contributed by atoms with E-state index in [1.54, 1.807) is 7.05 Å². The molecule has 2 nitrogen and oxygen atoms in total. The van der Waals surface area contributed by atoms with Gasteiger partial charge >= 0.3 is 0 Å². The summed E-state index contributed by atoms with van der Waals surface area (Å²) in [5, 5.41) is 4.12. The first-order valence-electron chi connectivity index (χ1n) is 5.81. The molecule has 0 amide bonds. The molecule has 4 heteroatoms. The van der Waals surface area contributed by atoms with E-state index < -0.39 is 0 Å². The van der Waals surface area contributed by atoms with Crippen LogP contribution >= 0.6 is 11.6 Å². The fraction of sp³-hybridized carbons (Fsp3) is 0.357. The standard InChI is InChI=1S/C14H16ClFN2/c1-14(2,3)12-7-11(17-4)9-5-8(16)6-10(15)13(9)18-12/h5-7H,1-4H3,(H,17,18). The highest BCUT2D eigenvalue weighted by molar-refractivity contribution is 6.35. The van der Waals surface area contributed by atoms with Gasteiger partial charge in [0.15, 0.2) is 0 Å². The molecule has 0 fully saturated rings. The van der Waals surface area contributed by atoms with E-state index in [0.717, 1.165) is 11.4 Å². The van der Waals surface area contributed by atoms with Crippen molar-refractivity contribution in [3.05, 3.63) is 34.7 Å². The van der Waals surface area contributed by atoms with Crippen molar-refractivity contribution >= 4 is 28.2 Å². The van der Waals surface area contributed by atoms with Crippen molar-refractivity contribution < 1.29 is 4.39 Å². The van der Waals surface area contributed by atoms with Gasteiger partial charge in [0.05, 0.1) is 10.5 Å². The largest absolute Gasteiger partial charge is 0.388 e. The minimum atomic E-state index is -0.352. The number of nitrogens with zero attached hydrogens (tertiary/aromatic N) is 1. The maximum absolute atomic E-state index is 13.4. The molecule has 96 valence electrons. The van der Waals surface area contributed by atoms with Gasteiger partial charge in [-0.15, -0.1) is 0 Å². The van der Waals surface area contributed by atoms with Crippen molar-refractivity contribution in [2.24, 2.45) is 0 Å². The van der Waals surface area contributed by atoms with Crippen LogP contribution in [0.2, 0.25) is 5.02 Å². The van der Waals surface area contributed by atoms with E-state index in [9.17, 15) is 4.39 Å². The van der Waals surface area contributed by atoms with Crippen LogP contribution in [-0.2, 0) is 5.41 Å². The van der Waals surface area contributed by atoms with Crippen LogP contribution in [0.3, 0.4) is 0 Å². The van der Waals surface area contributed by atoms with E-state index in [0.29, 0.717) is 15.9 Å². The highest BCUT2D eigenvalue weighted by Gasteiger charge is 2.19. The molecule has 0 bridgehead atoms. The van der Waals surface area contributed by atoms with E-state index in [1.807, 2.05) is 6.07 Å². The van der Waals surface area contributed by atoms with Crippen molar-refractivity contribution in [1.82, 2.24) is 4.98 Å². The predicted octanol–water partition coefficient (Wildman–Crippen LogP) is 4.37. The van der Waals surface area contributed by atoms with Crippen LogP contribution in [0.4, 0.5) is 10.1 Å². The van der Waals surface area contributed by atoms with Gasteiger partial charge in [-0.3, -0.25) is 4.98 Å². The Morgan fingerprint density at radius 2 is 1.89 bits per heavy atom. The molecular weight excluding hydrogens is 251 g/mol. The molecule has 1 aromatic carbocycles. The lowest BCUT2D eigenvalue weighted by Crippen LogP contribution is -2.14. The molecule has 0 unspecified atom stereocenters. The molecule has 0 saturated heterocycles. The Morgan fingerprint density at radius 3 is 2.44 bits per heavy atom. The summed E-state index contributed by atoms with van der Waals surface area (Å²) in [7, 11) is 1.81. The summed E-state index contributed by atoms with van der Waals surface area (Å²) in [4.78, 5) is 4.56. The molecule has 0 atom stereocenters. The average Bonchev–Trinajstić information content (AvgIpc) is 2.26. The fourth-order valence-electron chi connectivity index (χ4n) is 1.84. The van der Waals surface area contributed by atoms with Gasteiger partial charge in [-0.25, -0.2) is 4.39 Å². The number of halogens is 2. The zero-order valence-corrected chi connectivity index (χ0v) is 11.7. The minimum absolute atomic E-state index is 0.0858. The van der Waals surface area contributed by atoms with E-state index in [4.69, 9.17) is 11.6 Å². The van der Waals surface area contributed by atoms with Gasteiger partial charge in [-0.2, -0.15) is 0 Å². The topological polar surface area (TPSA) is 24.9 Å². The fourth-order valence-corrected chi connectivity index (χ4v) is 2.09. The summed E-state index contributed by atoms with van der Waals surface area (Å²) in [6, 6.07) is 4.69. The first-order valence-corrected chi connectivity index (χ1v) is 6.19. The van der Waals surface area contributed by atoms with Gasteiger partial charge in [0, 0.05) is 29.2 Å². The Bertz CT molecular complexity index is 603. The molecule has 0 aliphatic rings. The molecule has 0 saturated carbocycles. The lowest BCUT2D eigenvalue weighted by molar-refractivity contribution is 0.571. The molecular formula is C14H16ClFN2. The molecule has 0 spiro atoms. The zero-order chi connectivity index (χ0) is 13.5. The van der Waals surface area contributed by atoms with Crippen molar-refractivity contribution in [3.8, 4) is 0 Å². The first kappa shape index (κ1) is 13.1. The van der Waals surface area contributed by atoms with E-state index in [1.165, 1.54) is 12.1 Å². The van der Waals surface area contributed by atoms with Crippen molar-refractivity contribution in [3.63, 3.8) is 0 Å². The first-order chi connectivity index (χ1) is 8.32. The summed E-state index contributed by atoms with van der Waals surface area (Å²) >= 11 is 6.08. The summed E-state index contributed by atoms with van der Waals surface area (Å²) in [6.07, 6.45) is 0. The number of nitrogens with one attached hydrogen (secondary N) is 1.